The molecule has 25 heavy (non-hydrogen) atoms. The zero-order chi connectivity index (χ0) is 16.6. The second-order valence-corrected chi connectivity index (χ2v) is 9.55. The minimum atomic E-state index is 0.536. The Labute approximate surface area is 151 Å². The van der Waals surface area contributed by atoms with Gasteiger partial charge in [-0.05, 0) is 109 Å². The molecule has 2 fully saturated rings. The molecule has 0 bridgehead atoms. The van der Waals surface area contributed by atoms with Gasteiger partial charge in [0.25, 0.3) is 0 Å². The predicted octanol–water partition coefficient (Wildman–Crippen LogP) is 5.81. The highest BCUT2D eigenvalue weighted by molar-refractivity contribution is 5.48. The Morgan fingerprint density at radius 3 is 2.60 bits per heavy atom. The van der Waals surface area contributed by atoms with E-state index in [4.69, 9.17) is 0 Å². The van der Waals surface area contributed by atoms with E-state index in [1.807, 2.05) is 0 Å². The van der Waals surface area contributed by atoms with Gasteiger partial charge in [-0.1, -0.05) is 42.0 Å². The van der Waals surface area contributed by atoms with Gasteiger partial charge < -0.3 is 0 Å². The van der Waals surface area contributed by atoms with Crippen LogP contribution in [0.3, 0.4) is 0 Å². The van der Waals surface area contributed by atoms with Gasteiger partial charge in [-0.25, -0.2) is 0 Å². The first-order chi connectivity index (χ1) is 12.2. The summed E-state index contributed by atoms with van der Waals surface area (Å²) in [5.41, 5.74) is 11.0. The lowest BCUT2D eigenvalue weighted by atomic mass is 9.79. The van der Waals surface area contributed by atoms with Crippen LogP contribution in [0.2, 0.25) is 0 Å². The largest absolute Gasteiger partial charge is 0.0590 e. The summed E-state index contributed by atoms with van der Waals surface area (Å²) in [4.78, 5) is 0. The molecule has 0 radical (unpaired) electrons. The third kappa shape index (κ3) is 2.06. The Morgan fingerprint density at radius 1 is 0.880 bits per heavy atom. The molecule has 2 spiro atoms. The molecule has 0 amide bonds. The highest BCUT2D eigenvalue weighted by Crippen LogP contribution is 2.63. The molecule has 2 saturated carbocycles. The first-order valence-corrected chi connectivity index (χ1v) is 10.4. The van der Waals surface area contributed by atoms with E-state index in [0.717, 1.165) is 5.92 Å². The number of hydrogen-bond acceptors (Lipinski definition) is 0. The highest BCUT2D eigenvalue weighted by atomic mass is 14.6. The number of benzene rings is 2. The minimum Gasteiger partial charge on any atom is -0.0590 e. The normalized spacial score (nSPS) is 30.4. The van der Waals surface area contributed by atoms with Crippen molar-refractivity contribution in [3.05, 3.63) is 69.8 Å². The van der Waals surface area contributed by atoms with Gasteiger partial charge in [0.2, 0.25) is 0 Å². The van der Waals surface area contributed by atoms with Gasteiger partial charge in [0, 0.05) is 0 Å². The summed E-state index contributed by atoms with van der Waals surface area (Å²) in [5.74, 6) is 0.882. The average Bonchev–Trinajstić information content (AvgIpc) is 3.50. The Kier molecular flexibility index (Phi) is 2.79. The zero-order valence-electron chi connectivity index (χ0n) is 15.4. The van der Waals surface area contributed by atoms with Crippen molar-refractivity contribution in [1.82, 2.24) is 0 Å². The molecule has 0 nitrogen and oxygen atoms in total. The summed E-state index contributed by atoms with van der Waals surface area (Å²) in [6.07, 6.45) is 12.5. The number of hydrogen-bond donors (Lipinski definition) is 0. The smallest absolute Gasteiger partial charge is 0.000622 e. The van der Waals surface area contributed by atoms with Crippen LogP contribution in [-0.4, -0.2) is 0 Å². The summed E-state index contributed by atoms with van der Waals surface area (Å²) in [7, 11) is 0. The molecule has 0 heteroatoms. The van der Waals surface area contributed by atoms with E-state index in [9.17, 15) is 0 Å². The Bertz CT molecular complexity index is 870. The monoisotopic (exact) mass is 328 g/mol. The van der Waals surface area contributed by atoms with E-state index < -0.39 is 0 Å². The minimum absolute atomic E-state index is 0.536. The molecule has 2 aromatic carbocycles. The lowest BCUT2D eigenvalue weighted by Gasteiger charge is -2.26. The summed E-state index contributed by atoms with van der Waals surface area (Å²) < 4.78 is 0. The fourth-order valence-corrected chi connectivity index (χ4v) is 6.32. The van der Waals surface area contributed by atoms with Crippen molar-refractivity contribution in [2.45, 2.75) is 75.5 Å². The van der Waals surface area contributed by atoms with Crippen molar-refractivity contribution < 1.29 is 0 Å². The van der Waals surface area contributed by atoms with Crippen LogP contribution in [0.25, 0.3) is 0 Å². The van der Waals surface area contributed by atoms with Crippen LogP contribution < -0.4 is 0 Å². The summed E-state index contributed by atoms with van der Waals surface area (Å²) >= 11 is 0. The summed E-state index contributed by atoms with van der Waals surface area (Å²) in [5, 5.41) is 0. The third-order valence-corrected chi connectivity index (χ3v) is 8.06. The van der Waals surface area contributed by atoms with E-state index in [1.165, 1.54) is 63.4 Å². The van der Waals surface area contributed by atoms with Crippen molar-refractivity contribution in [2.24, 2.45) is 5.92 Å². The molecule has 0 aromatic heterocycles. The lowest BCUT2D eigenvalue weighted by molar-refractivity contribution is 0.540. The van der Waals surface area contributed by atoms with Crippen molar-refractivity contribution in [3.63, 3.8) is 0 Å². The highest BCUT2D eigenvalue weighted by Gasteiger charge is 2.57. The van der Waals surface area contributed by atoms with E-state index in [2.05, 4.69) is 43.3 Å². The van der Waals surface area contributed by atoms with Gasteiger partial charge in [-0.2, -0.15) is 0 Å². The molecular weight excluding hydrogens is 300 g/mol. The average molecular weight is 328 g/mol. The molecule has 0 N–H and O–H groups in total. The molecule has 2 aromatic rings. The molecule has 0 heterocycles. The van der Waals surface area contributed by atoms with Crippen LogP contribution in [0.4, 0.5) is 0 Å². The van der Waals surface area contributed by atoms with Crippen molar-refractivity contribution in [3.8, 4) is 0 Å². The predicted molar refractivity (Wildman–Crippen MR) is 103 cm³/mol. The van der Waals surface area contributed by atoms with E-state index in [1.54, 1.807) is 27.8 Å². The Hall–Kier alpha value is -1.56. The molecule has 4 aliphatic carbocycles. The molecule has 4 aliphatic rings. The first kappa shape index (κ1) is 14.6. The lowest BCUT2D eigenvalue weighted by Crippen LogP contribution is -2.16. The molecule has 0 aliphatic heterocycles. The Balaban J connectivity index is 1.29. The second-order valence-electron chi connectivity index (χ2n) is 9.55. The second kappa shape index (κ2) is 4.78. The topological polar surface area (TPSA) is 0 Å². The van der Waals surface area contributed by atoms with Crippen LogP contribution in [0.15, 0.2) is 36.4 Å². The van der Waals surface area contributed by atoms with Crippen molar-refractivity contribution >= 4 is 0 Å². The van der Waals surface area contributed by atoms with Gasteiger partial charge in [0.15, 0.2) is 0 Å². The fraction of sp³-hybridized carbons (Fsp3) is 0.520. The quantitative estimate of drug-likeness (QED) is 0.652. The maximum atomic E-state index is 2.62. The van der Waals surface area contributed by atoms with Gasteiger partial charge in [0.1, 0.15) is 0 Å². The summed E-state index contributed by atoms with van der Waals surface area (Å²) in [6.45, 7) is 2.25. The molecule has 128 valence electrons. The van der Waals surface area contributed by atoms with Crippen LogP contribution in [0.1, 0.15) is 71.9 Å². The van der Waals surface area contributed by atoms with Crippen molar-refractivity contribution in [1.29, 1.82) is 0 Å². The Morgan fingerprint density at radius 2 is 1.72 bits per heavy atom. The zero-order valence-corrected chi connectivity index (χ0v) is 15.4. The maximum Gasteiger partial charge on any atom is -0.000622 e. The molecule has 2 unspecified atom stereocenters. The van der Waals surface area contributed by atoms with Crippen LogP contribution in [-0.2, 0) is 30.1 Å². The van der Waals surface area contributed by atoms with Crippen LogP contribution in [0, 0.1) is 12.8 Å². The first-order valence-electron chi connectivity index (χ1n) is 10.4. The molecule has 2 atom stereocenters. The van der Waals surface area contributed by atoms with E-state index in [0.29, 0.717) is 10.8 Å². The maximum absolute atomic E-state index is 2.62. The summed E-state index contributed by atoms with van der Waals surface area (Å²) in [6, 6.07) is 14.7. The van der Waals surface area contributed by atoms with E-state index in [-0.39, 0.29) is 0 Å². The SMILES string of the molecule is Cc1ccc2c(c1)C1(CC2)CC1Cc1ccc2c(c1)C1(CCC2)CC1. The molecular formula is C25H28. The molecule has 6 rings (SSSR count). The number of rotatable bonds is 2. The van der Waals surface area contributed by atoms with Gasteiger partial charge >= 0.3 is 0 Å². The van der Waals surface area contributed by atoms with Gasteiger partial charge in [0.05, 0.1) is 0 Å². The van der Waals surface area contributed by atoms with E-state index >= 15 is 0 Å². The third-order valence-electron chi connectivity index (χ3n) is 8.06. The van der Waals surface area contributed by atoms with Gasteiger partial charge in [-0.15, -0.1) is 0 Å². The van der Waals surface area contributed by atoms with Crippen LogP contribution >= 0.6 is 0 Å². The molecule has 0 saturated heterocycles. The number of fused-ring (bicyclic) bond motifs is 4. The standard InChI is InChI=1S/C25H28/c1-17-4-6-20-8-10-25(23(20)13-17)16-21(25)14-18-5-7-19-3-2-9-24(11-12-24)22(19)15-18/h4-7,13,15,21H,2-3,8-12,14,16H2,1H3. The number of aryl methyl sites for hydroxylation is 3. The fourth-order valence-electron chi connectivity index (χ4n) is 6.32. The van der Waals surface area contributed by atoms with Crippen LogP contribution in [0.5, 0.6) is 0 Å². The van der Waals surface area contributed by atoms with Crippen molar-refractivity contribution in [2.75, 3.05) is 0 Å². The van der Waals surface area contributed by atoms with Gasteiger partial charge in [-0.3, -0.25) is 0 Å².